The Bertz CT molecular complexity index is 381. The molecule has 0 fully saturated rings. The molecule has 0 aliphatic heterocycles. The first-order chi connectivity index (χ1) is 10.0. The van der Waals surface area contributed by atoms with Crippen molar-refractivity contribution in [2.24, 2.45) is 0 Å². The lowest BCUT2D eigenvalue weighted by molar-refractivity contribution is 0.163. The largest absolute Gasteiger partial charge is 0.393 e. The van der Waals surface area contributed by atoms with Crippen molar-refractivity contribution >= 4 is 0 Å². The molecule has 2 atom stereocenters. The third kappa shape index (κ3) is 7.55. The highest BCUT2D eigenvalue weighted by molar-refractivity contribution is 5.19. The number of nitrogens with zero attached hydrogens (tertiary/aromatic N) is 1. The zero-order valence-electron chi connectivity index (χ0n) is 13.5. The minimum absolute atomic E-state index is 0.193. The lowest BCUT2D eigenvalue weighted by Crippen LogP contribution is -2.29. The normalized spacial score (nSPS) is 14.4. The average molecular weight is 296 g/mol. The van der Waals surface area contributed by atoms with Crippen molar-refractivity contribution in [1.29, 1.82) is 0 Å². The van der Waals surface area contributed by atoms with Crippen LogP contribution in [0.1, 0.15) is 44.7 Å². The molecule has 1 aromatic rings. The minimum atomic E-state index is -0.251. The summed E-state index contributed by atoms with van der Waals surface area (Å²) in [5.41, 5.74) is 1.13. The summed E-state index contributed by atoms with van der Waals surface area (Å²) in [7, 11) is 2.07. The second kappa shape index (κ2) is 9.87. The van der Waals surface area contributed by atoms with Crippen molar-refractivity contribution in [2.45, 2.75) is 45.3 Å². The van der Waals surface area contributed by atoms with E-state index in [1.807, 2.05) is 19.1 Å². The molecule has 0 spiro atoms. The molecule has 0 aliphatic rings. The molecular formula is C17H29FN2O. The molecule has 4 heteroatoms. The van der Waals surface area contributed by atoms with Crippen molar-refractivity contribution < 1.29 is 9.50 Å². The maximum Gasteiger partial charge on any atom is 0.123 e. The zero-order valence-corrected chi connectivity index (χ0v) is 13.5. The highest BCUT2D eigenvalue weighted by Crippen LogP contribution is 2.18. The molecule has 0 aromatic heterocycles. The van der Waals surface area contributed by atoms with Crippen LogP contribution in [0.15, 0.2) is 24.3 Å². The van der Waals surface area contributed by atoms with Crippen LogP contribution in [-0.2, 0) is 0 Å². The topological polar surface area (TPSA) is 35.5 Å². The number of hydrogen-bond acceptors (Lipinski definition) is 3. The molecule has 0 saturated carbocycles. The van der Waals surface area contributed by atoms with Crippen molar-refractivity contribution in [3.05, 3.63) is 35.6 Å². The van der Waals surface area contributed by atoms with Gasteiger partial charge in [-0.25, -0.2) is 4.39 Å². The van der Waals surface area contributed by atoms with Crippen LogP contribution in [0.5, 0.6) is 0 Å². The number of halogens is 1. The van der Waals surface area contributed by atoms with Crippen LogP contribution in [0.4, 0.5) is 4.39 Å². The highest BCUT2D eigenvalue weighted by Gasteiger charge is 2.12. The van der Waals surface area contributed by atoms with Crippen molar-refractivity contribution in [3.8, 4) is 0 Å². The monoisotopic (exact) mass is 296 g/mol. The van der Waals surface area contributed by atoms with Crippen LogP contribution in [0, 0.1) is 5.82 Å². The predicted molar refractivity (Wildman–Crippen MR) is 85.8 cm³/mol. The standard InChI is InChI=1S/C17H29FN2O/c1-4-11-19-17(15-5-7-16(18)8-6-15)10-13-20(3)12-9-14(2)21/h5-8,14,17,19,21H,4,9-13H2,1-3H3. The molecular weight excluding hydrogens is 267 g/mol. The van der Waals surface area contributed by atoms with Gasteiger partial charge in [-0.15, -0.1) is 0 Å². The Morgan fingerprint density at radius 3 is 2.38 bits per heavy atom. The fourth-order valence-electron chi connectivity index (χ4n) is 2.27. The van der Waals surface area contributed by atoms with Gasteiger partial charge in [-0.1, -0.05) is 19.1 Å². The summed E-state index contributed by atoms with van der Waals surface area (Å²) in [5, 5.41) is 12.9. The van der Waals surface area contributed by atoms with E-state index in [0.717, 1.165) is 44.5 Å². The van der Waals surface area contributed by atoms with Gasteiger partial charge in [0.2, 0.25) is 0 Å². The third-order valence-electron chi connectivity index (χ3n) is 3.64. The Morgan fingerprint density at radius 1 is 1.19 bits per heavy atom. The summed E-state index contributed by atoms with van der Waals surface area (Å²) in [6.07, 6.45) is 2.59. The molecule has 120 valence electrons. The second-order valence-electron chi connectivity index (χ2n) is 5.79. The lowest BCUT2D eigenvalue weighted by atomic mass is 10.0. The van der Waals surface area contributed by atoms with Gasteiger partial charge in [0.25, 0.3) is 0 Å². The van der Waals surface area contributed by atoms with Crippen LogP contribution in [0.25, 0.3) is 0 Å². The summed E-state index contributed by atoms with van der Waals surface area (Å²) in [6.45, 7) is 6.76. The van der Waals surface area contributed by atoms with Gasteiger partial charge in [-0.3, -0.25) is 0 Å². The Kier molecular flexibility index (Phi) is 8.50. The SMILES string of the molecule is CCCNC(CCN(C)CCC(C)O)c1ccc(F)cc1. The summed E-state index contributed by atoms with van der Waals surface area (Å²) in [6, 6.07) is 7.01. The van der Waals surface area contributed by atoms with Crippen molar-refractivity contribution in [3.63, 3.8) is 0 Å². The average Bonchev–Trinajstić information content (AvgIpc) is 2.46. The maximum absolute atomic E-state index is 13.0. The molecule has 0 amide bonds. The molecule has 2 N–H and O–H groups in total. The molecule has 3 nitrogen and oxygen atoms in total. The Balaban J connectivity index is 2.51. The highest BCUT2D eigenvalue weighted by atomic mass is 19.1. The van der Waals surface area contributed by atoms with Gasteiger partial charge < -0.3 is 15.3 Å². The van der Waals surface area contributed by atoms with Crippen LogP contribution in [0.3, 0.4) is 0 Å². The van der Waals surface area contributed by atoms with Gasteiger partial charge in [0.05, 0.1) is 6.10 Å². The minimum Gasteiger partial charge on any atom is -0.393 e. The van der Waals surface area contributed by atoms with E-state index < -0.39 is 0 Å². The predicted octanol–water partition coefficient (Wildman–Crippen LogP) is 2.96. The molecule has 0 radical (unpaired) electrons. The summed E-state index contributed by atoms with van der Waals surface area (Å²) in [4.78, 5) is 2.23. The van der Waals surface area contributed by atoms with Crippen molar-refractivity contribution in [1.82, 2.24) is 10.2 Å². The number of hydrogen-bond donors (Lipinski definition) is 2. The lowest BCUT2D eigenvalue weighted by Gasteiger charge is -2.23. The summed E-state index contributed by atoms with van der Waals surface area (Å²) >= 11 is 0. The Labute approximate surface area is 128 Å². The van der Waals surface area contributed by atoms with Crippen LogP contribution >= 0.6 is 0 Å². The molecule has 0 heterocycles. The van der Waals surface area contributed by atoms with E-state index in [4.69, 9.17) is 0 Å². The quantitative estimate of drug-likeness (QED) is 0.697. The van der Waals surface area contributed by atoms with Gasteiger partial charge in [0.1, 0.15) is 5.82 Å². The summed E-state index contributed by atoms with van der Waals surface area (Å²) < 4.78 is 13.0. The van der Waals surface area contributed by atoms with Gasteiger partial charge in [0, 0.05) is 12.6 Å². The smallest absolute Gasteiger partial charge is 0.123 e. The maximum atomic E-state index is 13.0. The third-order valence-corrected chi connectivity index (χ3v) is 3.64. The van der Waals surface area contributed by atoms with E-state index in [9.17, 15) is 9.50 Å². The van der Waals surface area contributed by atoms with Gasteiger partial charge in [0.15, 0.2) is 0 Å². The van der Waals surface area contributed by atoms with Crippen LogP contribution in [0.2, 0.25) is 0 Å². The number of nitrogens with one attached hydrogen (secondary N) is 1. The van der Waals surface area contributed by atoms with Crippen molar-refractivity contribution in [2.75, 3.05) is 26.7 Å². The van der Waals surface area contributed by atoms with E-state index in [2.05, 4.69) is 24.2 Å². The van der Waals surface area contributed by atoms with E-state index in [-0.39, 0.29) is 18.0 Å². The van der Waals surface area contributed by atoms with Crippen LogP contribution in [-0.4, -0.2) is 42.8 Å². The molecule has 0 bridgehead atoms. The zero-order chi connectivity index (χ0) is 15.7. The van der Waals surface area contributed by atoms with Gasteiger partial charge in [-0.2, -0.15) is 0 Å². The molecule has 1 rings (SSSR count). The number of aliphatic hydroxyl groups is 1. The summed E-state index contributed by atoms with van der Waals surface area (Å²) in [5.74, 6) is -0.193. The number of aliphatic hydroxyl groups excluding tert-OH is 1. The first kappa shape index (κ1) is 18.1. The van der Waals surface area contributed by atoms with Crippen LogP contribution < -0.4 is 5.32 Å². The Morgan fingerprint density at radius 2 is 1.81 bits per heavy atom. The number of benzene rings is 1. The first-order valence-electron chi connectivity index (χ1n) is 7.88. The Hall–Kier alpha value is -0.970. The molecule has 21 heavy (non-hydrogen) atoms. The fraction of sp³-hybridized carbons (Fsp3) is 0.647. The molecule has 0 saturated heterocycles. The van der Waals surface area contributed by atoms with Gasteiger partial charge in [-0.05, 0) is 64.0 Å². The molecule has 0 aliphatic carbocycles. The van der Waals surface area contributed by atoms with E-state index in [1.54, 1.807) is 0 Å². The van der Waals surface area contributed by atoms with E-state index >= 15 is 0 Å². The first-order valence-corrected chi connectivity index (χ1v) is 7.88. The second-order valence-corrected chi connectivity index (χ2v) is 5.79. The van der Waals surface area contributed by atoms with E-state index in [1.165, 1.54) is 12.1 Å². The van der Waals surface area contributed by atoms with Gasteiger partial charge >= 0.3 is 0 Å². The number of rotatable bonds is 10. The molecule has 2 unspecified atom stereocenters. The fourth-order valence-corrected chi connectivity index (χ4v) is 2.27. The molecule has 1 aromatic carbocycles. The van der Waals surface area contributed by atoms with E-state index in [0.29, 0.717) is 0 Å².